The van der Waals surface area contributed by atoms with Gasteiger partial charge in [0.15, 0.2) is 0 Å². The number of thiol groups is 7. The third-order valence-electron chi connectivity index (χ3n) is 4.48. The van der Waals surface area contributed by atoms with E-state index in [-0.39, 0.29) is 39.1 Å². The highest BCUT2D eigenvalue weighted by Crippen LogP contribution is 2.25. The fourth-order valence-electron chi connectivity index (χ4n) is 2.14. The SMILES string of the molecule is CCC(COC(=O)CCS)(COC(=O)CCS)COC(=O)CCS.SCCCS.SCCOCCOCCS. The molecule has 0 atom stereocenters. The third-order valence-corrected chi connectivity index (χ3v) is 6.14. The van der Waals surface area contributed by atoms with Gasteiger partial charge in [-0.1, -0.05) is 6.92 Å². The summed E-state index contributed by atoms with van der Waals surface area (Å²) in [4.78, 5) is 34.7. The Morgan fingerprint density at radius 3 is 1.05 bits per heavy atom. The Kier molecular flexibility index (Phi) is 39.7. The van der Waals surface area contributed by atoms with Crippen molar-refractivity contribution in [1.82, 2.24) is 0 Å². The first-order valence-corrected chi connectivity index (χ1v) is 17.1. The van der Waals surface area contributed by atoms with E-state index in [9.17, 15) is 14.4 Å². The molecule has 0 N–H and O–H groups in total. The summed E-state index contributed by atoms with van der Waals surface area (Å²) < 4.78 is 25.9. The molecule has 15 heteroatoms. The van der Waals surface area contributed by atoms with Crippen molar-refractivity contribution in [1.29, 1.82) is 0 Å². The lowest BCUT2D eigenvalue weighted by Gasteiger charge is -2.31. The van der Waals surface area contributed by atoms with Gasteiger partial charge in [-0.2, -0.15) is 88.4 Å². The van der Waals surface area contributed by atoms with Crippen molar-refractivity contribution in [2.45, 2.75) is 39.0 Å². The second-order valence-electron chi connectivity index (χ2n) is 7.73. The van der Waals surface area contributed by atoms with E-state index < -0.39 is 23.3 Å². The lowest BCUT2D eigenvalue weighted by Crippen LogP contribution is -2.39. The predicted octanol–water partition coefficient (Wildman–Crippen LogP) is 4.09. The van der Waals surface area contributed by atoms with Crippen LogP contribution in [0, 0.1) is 5.41 Å². The Hall–Kier alpha value is 0.780. The molecule has 0 saturated heterocycles. The molecule has 39 heavy (non-hydrogen) atoms. The maximum atomic E-state index is 11.6. The van der Waals surface area contributed by atoms with Gasteiger partial charge < -0.3 is 23.7 Å². The Morgan fingerprint density at radius 2 is 0.846 bits per heavy atom. The normalized spacial score (nSPS) is 10.5. The van der Waals surface area contributed by atoms with Crippen molar-refractivity contribution in [3.8, 4) is 0 Å². The molecule has 0 fully saturated rings. The minimum absolute atomic E-state index is 0.00157. The minimum Gasteiger partial charge on any atom is -0.465 e. The summed E-state index contributed by atoms with van der Waals surface area (Å²) in [5.41, 5.74) is -0.773. The fraction of sp³-hybridized carbons (Fsp3) is 0.875. The van der Waals surface area contributed by atoms with Crippen LogP contribution in [0.5, 0.6) is 0 Å². The molecule has 0 bridgehead atoms. The number of carbonyl (C=O) groups is 3. The third kappa shape index (κ3) is 33.2. The topological polar surface area (TPSA) is 97.4 Å². The van der Waals surface area contributed by atoms with Crippen molar-refractivity contribution in [3.63, 3.8) is 0 Å². The zero-order chi connectivity index (χ0) is 30.2. The molecule has 0 heterocycles. The van der Waals surface area contributed by atoms with E-state index in [1.54, 1.807) is 0 Å². The minimum atomic E-state index is -0.773. The largest absolute Gasteiger partial charge is 0.465 e. The summed E-state index contributed by atoms with van der Waals surface area (Å²) in [5.74, 6) is 3.42. The molecule has 0 aliphatic carbocycles. The van der Waals surface area contributed by atoms with Crippen LogP contribution in [0.2, 0.25) is 0 Å². The first-order valence-electron chi connectivity index (χ1n) is 12.6. The molecule has 0 aromatic rings. The van der Waals surface area contributed by atoms with Crippen molar-refractivity contribution >= 4 is 106 Å². The average Bonchev–Trinajstić information content (AvgIpc) is 2.92. The summed E-state index contributed by atoms with van der Waals surface area (Å²) in [6.45, 7) is 4.57. The summed E-state index contributed by atoms with van der Waals surface area (Å²) in [6.07, 6.45) is 2.17. The quantitative estimate of drug-likeness (QED) is 0.0396. The van der Waals surface area contributed by atoms with Crippen LogP contribution in [0.15, 0.2) is 0 Å². The highest BCUT2D eigenvalue weighted by molar-refractivity contribution is 7.81. The molecule has 0 radical (unpaired) electrons. The smallest absolute Gasteiger partial charge is 0.306 e. The Labute approximate surface area is 273 Å². The maximum absolute atomic E-state index is 11.6. The highest BCUT2D eigenvalue weighted by Gasteiger charge is 2.34. The van der Waals surface area contributed by atoms with Crippen molar-refractivity contribution in [2.75, 3.05) is 86.5 Å². The Bertz CT molecular complexity index is 510. The van der Waals surface area contributed by atoms with Gasteiger partial charge in [0.05, 0.1) is 51.1 Å². The summed E-state index contributed by atoms with van der Waals surface area (Å²) in [5, 5.41) is 0. The average molecular weight is 689 g/mol. The molecule has 0 unspecified atom stereocenters. The van der Waals surface area contributed by atoms with Gasteiger partial charge in [0, 0.05) is 28.8 Å². The maximum Gasteiger partial charge on any atom is 0.306 e. The molecule has 0 saturated carbocycles. The monoisotopic (exact) mass is 688 g/mol. The van der Waals surface area contributed by atoms with Crippen LogP contribution in [-0.4, -0.2) is 104 Å². The number of hydrogen-bond donors (Lipinski definition) is 7. The van der Waals surface area contributed by atoms with Crippen LogP contribution in [-0.2, 0) is 38.1 Å². The lowest BCUT2D eigenvalue weighted by atomic mass is 9.88. The van der Waals surface area contributed by atoms with E-state index in [1.807, 2.05) is 6.92 Å². The van der Waals surface area contributed by atoms with E-state index >= 15 is 0 Å². The van der Waals surface area contributed by atoms with Gasteiger partial charge >= 0.3 is 17.9 Å². The van der Waals surface area contributed by atoms with Crippen molar-refractivity contribution in [3.05, 3.63) is 0 Å². The van der Waals surface area contributed by atoms with E-state index in [2.05, 4.69) is 88.4 Å². The first-order chi connectivity index (χ1) is 18.8. The summed E-state index contributed by atoms with van der Waals surface area (Å²) >= 11 is 27.8. The van der Waals surface area contributed by atoms with Crippen LogP contribution in [0.4, 0.5) is 0 Å². The van der Waals surface area contributed by atoms with E-state index in [0.29, 0.717) is 50.1 Å². The van der Waals surface area contributed by atoms with Gasteiger partial charge in [-0.25, -0.2) is 0 Å². The summed E-state index contributed by atoms with van der Waals surface area (Å²) in [6, 6.07) is 0. The van der Waals surface area contributed by atoms with Crippen molar-refractivity contribution in [2.24, 2.45) is 5.41 Å². The molecule has 0 aliphatic rings. The molecule has 0 aliphatic heterocycles. The van der Waals surface area contributed by atoms with Crippen molar-refractivity contribution < 1.29 is 38.1 Å². The number of rotatable bonds is 22. The van der Waals surface area contributed by atoms with Crippen LogP contribution in [0.3, 0.4) is 0 Å². The zero-order valence-corrected chi connectivity index (χ0v) is 29.1. The summed E-state index contributed by atoms with van der Waals surface area (Å²) in [7, 11) is 0. The van der Waals surface area contributed by atoms with Crippen LogP contribution in [0.1, 0.15) is 39.0 Å². The van der Waals surface area contributed by atoms with Crippen LogP contribution < -0.4 is 0 Å². The number of esters is 3. The van der Waals surface area contributed by atoms with Gasteiger partial charge in [0.2, 0.25) is 0 Å². The molecule has 8 nitrogen and oxygen atoms in total. The molecule has 234 valence electrons. The fourth-order valence-corrected chi connectivity index (χ4v) is 3.52. The second kappa shape index (κ2) is 35.0. The van der Waals surface area contributed by atoms with Crippen LogP contribution in [0.25, 0.3) is 0 Å². The molecular weight excluding hydrogens is 641 g/mol. The molecule has 0 aromatic carbocycles. The van der Waals surface area contributed by atoms with E-state index in [4.69, 9.17) is 23.7 Å². The number of ether oxygens (including phenoxy) is 5. The Balaban J connectivity index is -0.000000706. The Morgan fingerprint density at radius 1 is 0.513 bits per heavy atom. The van der Waals surface area contributed by atoms with Gasteiger partial charge in [-0.15, -0.1) is 0 Å². The van der Waals surface area contributed by atoms with Gasteiger partial charge in [-0.05, 0) is 24.3 Å². The standard InChI is InChI=1S/C15H26O6S3.C6H14O2S2.C3H8S2/c1-2-15(9-19-12(16)3-6-22,10-20-13(17)4-7-23)11-21-14(18)5-8-24;9-5-3-7-1-2-8-4-6-10;4-2-1-3-5/h22-24H,2-11H2,1H3;9-10H,1-6H2;4-5H,1-3H2. The molecule has 0 rings (SSSR count). The van der Waals surface area contributed by atoms with E-state index in [0.717, 1.165) is 29.4 Å². The predicted molar refractivity (Wildman–Crippen MR) is 183 cm³/mol. The molecule has 0 spiro atoms. The van der Waals surface area contributed by atoms with Gasteiger partial charge in [0.1, 0.15) is 19.8 Å². The number of carbonyl (C=O) groups excluding carboxylic acids is 3. The highest BCUT2D eigenvalue weighted by atomic mass is 32.1. The molecule has 0 aromatic heterocycles. The van der Waals surface area contributed by atoms with Gasteiger partial charge in [0.25, 0.3) is 0 Å². The molecular formula is C24H48O8S7. The second-order valence-corrected chi connectivity index (χ2v) is 10.9. The molecule has 0 amide bonds. The van der Waals surface area contributed by atoms with Gasteiger partial charge in [-0.3, -0.25) is 14.4 Å². The van der Waals surface area contributed by atoms with E-state index in [1.165, 1.54) is 0 Å². The lowest BCUT2D eigenvalue weighted by molar-refractivity contribution is -0.161. The number of hydrogen-bond acceptors (Lipinski definition) is 15. The van der Waals surface area contributed by atoms with Crippen LogP contribution >= 0.6 is 88.4 Å². The zero-order valence-electron chi connectivity index (χ0n) is 22.8. The first kappa shape index (κ1) is 44.2.